The van der Waals surface area contributed by atoms with Crippen LogP contribution in [0.1, 0.15) is 5.69 Å². The molecule has 1 saturated heterocycles. The second-order valence-corrected chi connectivity index (χ2v) is 3.47. The van der Waals surface area contributed by atoms with Crippen LogP contribution in [0.3, 0.4) is 0 Å². The van der Waals surface area contributed by atoms with Crippen LogP contribution in [-0.2, 0) is 10.9 Å². The molecular weight excluding hydrogens is 237 g/mol. The molecule has 1 aromatic rings. The van der Waals surface area contributed by atoms with Gasteiger partial charge in [0.1, 0.15) is 5.69 Å². The summed E-state index contributed by atoms with van der Waals surface area (Å²) in [5.41, 5.74) is 1.77. The minimum absolute atomic E-state index is 0.0540. The molecule has 94 valence electrons. The standard InChI is InChI=1S/C9H11F3N4O/c10-9(11,12)7-1-2-13-8(14-7)15-16-3-5-17-6-4-16/h1-2H,3-6H2,(H,13,14,15). The van der Waals surface area contributed by atoms with Crippen LogP contribution in [-0.4, -0.2) is 41.3 Å². The number of ether oxygens (including phenoxy) is 1. The Labute approximate surface area is 95.6 Å². The third-order valence-electron chi connectivity index (χ3n) is 2.22. The first-order chi connectivity index (χ1) is 8.05. The van der Waals surface area contributed by atoms with Crippen LogP contribution < -0.4 is 5.43 Å². The Morgan fingerprint density at radius 2 is 2.00 bits per heavy atom. The van der Waals surface area contributed by atoms with Crippen LogP contribution in [0.2, 0.25) is 0 Å². The summed E-state index contributed by atoms with van der Waals surface area (Å²) in [6, 6.07) is 0.838. The van der Waals surface area contributed by atoms with E-state index in [1.165, 1.54) is 0 Å². The van der Waals surface area contributed by atoms with Crippen LogP contribution >= 0.6 is 0 Å². The van der Waals surface area contributed by atoms with Crippen molar-refractivity contribution in [2.24, 2.45) is 0 Å². The van der Waals surface area contributed by atoms with Gasteiger partial charge in [0, 0.05) is 19.3 Å². The lowest BCUT2D eigenvalue weighted by Gasteiger charge is -2.26. The molecule has 1 fully saturated rings. The highest BCUT2D eigenvalue weighted by Crippen LogP contribution is 2.27. The van der Waals surface area contributed by atoms with Crippen molar-refractivity contribution in [3.8, 4) is 0 Å². The molecule has 1 aliphatic rings. The Kier molecular flexibility index (Phi) is 3.43. The van der Waals surface area contributed by atoms with Gasteiger partial charge in [-0.15, -0.1) is 0 Å². The first-order valence-corrected chi connectivity index (χ1v) is 5.05. The van der Waals surface area contributed by atoms with Crippen LogP contribution in [0.25, 0.3) is 0 Å². The lowest BCUT2D eigenvalue weighted by atomic mass is 10.4. The molecule has 0 radical (unpaired) electrons. The number of hydrogen-bond donors (Lipinski definition) is 1. The van der Waals surface area contributed by atoms with Crippen molar-refractivity contribution in [3.05, 3.63) is 18.0 Å². The molecular formula is C9H11F3N4O. The molecule has 0 saturated carbocycles. The van der Waals surface area contributed by atoms with Gasteiger partial charge in [0.2, 0.25) is 5.95 Å². The van der Waals surface area contributed by atoms with Gasteiger partial charge in [0.05, 0.1) is 13.2 Å². The summed E-state index contributed by atoms with van der Waals surface area (Å²) in [5, 5.41) is 1.72. The van der Waals surface area contributed by atoms with E-state index < -0.39 is 11.9 Å². The predicted molar refractivity (Wildman–Crippen MR) is 53.0 cm³/mol. The van der Waals surface area contributed by atoms with Gasteiger partial charge in [0.15, 0.2) is 0 Å². The molecule has 1 aromatic heterocycles. The van der Waals surface area contributed by atoms with E-state index in [2.05, 4.69) is 15.4 Å². The fourth-order valence-corrected chi connectivity index (χ4v) is 1.39. The van der Waals surface area contributed by atoms with Crippen LogP contribution in [0.15, 0.2) is 12.3 Å². The topological polar surface area (TPSA) is 50.3 Å². The van der Waals surface area contributed by atoms with E-state index in [-0.39, 0.29) is 5.95 Å². The number of rotatable bonds is 2. The molecule has 0 unspecified atom stereocenters. The molecule has 0 spiro atoms. The number of hydrazine groups is 1. The fourth-order valence-electron chi connectivity index (χ4n) is 1.39. The highest BCUT2D eigenvalue weighted by Gasteiger charge is 2.32. The maximum absolute atomic E-state index is 12.4. The largest absolute Gasteiger partial charge is 0.433 e. The van der Waals surface area contributed by atoms with E-state index >= 15 is 0 Å². The van der Waals surface area contributed by atoms with Crippen LogP contribution in [0, 0.1) is 0 Å². The summed E-state index contributed by atoms with van der Waals surface area (Å²) >= 11 is 0. The molecule has 8 heteroatoms. The van der Waals surface area contributed by atoms with Crippen molar-refractivity contribution in [3.63, 3.8) is 0 Å². The Balaban J connectivity index is 2.05. The van der Waals surface area contributed by atoms with Gasteiger partial charge >= 0.3 is 6.18 Å². The third kappa shape index (κ3) is 3.27. The maximum atomic E-state index is 12.4. The number of morpholine rings is 1. The van der Waals surface area contributed by atoms with Crippen molar-refractivity contribution < 1.29 is 17.9 Å². The minimum atomic E-state index is -4.45. The third-order valence-corrected chi connectivity index (χ3v) is 2.22. The number of alkyl halides is 3. The van der Waals surface area contributed by atoms with E-state index in [0.29, 0.717) is 26.3 Å². The Hall–Kier alpha value is -1.41. The number of anilines is 1. The van der Waals surface area contributed by atoms with Crippen molar-refractivity contribution >= 4 is 5.95 Å². The van der Waals surface area contributed by atoms with Gasteiger partial charge in [-0.1, -0.05) is 0 Å². The second kappa shape index (κ2) is 4.84. The van der Waals surface area contributed by atoms with Crippen molar-refractivity contribution in [1.82, 2.24) is 15.0 Å². The Morgan fingerprint density at radius 3 is 2.65 bits per heavy atom. The fraction of sp³-hybridized carbons (Fsp3) is 0.556. The van der Waals surface area contributed by atoms with Crippen molar-refractivity contribution in [2.75, 3.05) is 31.7 Å². The number of halogens is 3. The van der Waals surface area contributed by atoms with Gasteiger partial charge in [-0.25, -0.2) is 15.0 Å². The Bertz CT molecular complexity index is 379. The molecule has 1 aliphatic heterocycles. The van der Waals surface area contributed by atoms with E-state index in [9.17, 15) is 13.2 Å². The second-order valence-electron chi connectivity index (χ2n) is 3.47. The first-order valence-electron chi connectivity index (χ1n) is 5.05. The molecule has 5 nitrogen and oxygen atoms in total. The molecule has 0 amide bonds. The molecule has 2 heterocycles. The maximum Gasteiger partial charge on any atom is 0.433 e. The van der Waals surface area contributed by atoms with Gasteiger partial charge in [-0.05, 0) is 6.07 Å². The molecule has 2 rings (SSSR count). The normalized spacial score (nSPS) is 18.1. The molecule has 1 N–H and O–H groups in total. The van der Waals surface area contributed by atoms with E-state index in [1.807, 2.05) is 0 Å². The average Bonchev–Trinajstić information content (AvgIpc) is 2.29. The lowest BCUT2D eigenvalue weighted by molar-refractivity contribution is -0.141. The molecule has 0 atom stereocenters. The monoisotopic (exact) mass is 248 g/mol. The Morgan fingerprint density at radius 1 is 1.29 bits per heavy atom. The smallest absolute Gasteiger partial charge is 0.379 e. The first kappa shape index (κ1) is 12.1. The average molecular weight is 248 g/mol. The molecule has 0 aliphatic carbocycles. The zero-order chi connectivity index (χ0) is 12.3. The highest BCUT2D eigenvalue weighted by atomic mass is 19.4. The summed E-state index contributed by atoms with van der Waals surface area (Å²) in [6.07, 6.45) is -3.37. The summed E-state index contributed by atoms with van der Waals surface area (Å²) in [5.74, 6) is -0.0540. The molecule has 17 heavy (non-hydrogen) atoms. The number of nitrogens with zero attached hydrogens (tertiary/aromatic N) is 3. The minimum Gasteiger partial charge on any atom is -0.379 e. The summed E-state index contributed by atoms with van der Waals surface area (Å²) in [4.78, 5) is 7.15. The summed E-state index contributed by atoms with van der Waals surface area (Å²) in [6.45, 7) is 2.23. The van der Waals surface area contributed by atoms with E-state index in [0.717, 1.165) is 12.3 Å². The quantitative estimate of drug-likeness (QED) is 0.851. The van der Waals surface area contributed by atoms with E-state index in [1.54, 1.807) is 5.01 Å². The summed E-state index contributed by atoms with van der Waals surface area (Å²) in [7, 11) is 0. The lowest BCUT2D eigenvalue weighted by Crippen LogP contribution is -2.40. The highest BCUT2D eigenvalue weighted by molar-refractivity contribution is 5.24. The van der Waals surface area contributed by atoms with Crippen molar-refractivity contribution in [2.45, 2.75) is 6.18 Å². The van der Waals surface area contributed by atoms with Gasteiger partial charge in [-0.2, -0.15) is 13.2 Å². The SMILES string of the molecule is FC(F)(F)c1ccnc(NN2CCOCC2)n1. The van der Waals surface area contributed by atoms with Gasteiger partial charge in [0.25, 0.3) is 0 Å². The number of hydrogen-bond acceptors (Lipinski definition) is 5. The van der Waals surface area contributed by atoms with Crippen LogP contribution in [0.5, 0.6) is 0 Å². The van der Waals surface area contributed by atoms with Gasteiger partial charge in [-0.3, -0.25) is 5.43 Å². The zero-order valence-corrected chi connectivity index (χ0v) is 8.87. The van der Waals surface area contributed by atoms with Crippen molar-refractivity contribution in [1.29, 1.82) is 0 Å². The van der Waals surface area contributed by atoms with Gasteiger partial charge < -0.3 is 4.74 Å². The molecule has 0 aromatic carbocycles. The zero-order valence-electron chi connectivity index (χ0n) is 8.87. The number of nitrogens with one attached hydrogen (secondary N) is 1. The van der Waals surface area contributed by atoms with Crippen LogP contribution in [0.4, 0.5) is 19.1 Å². The van der Waals surface area contributed by atoms with E-state index in [4.69, 9.17) is 4.74 Å². The number of aromatic nitrogens is 2. The predicted octanol–water partition coefficient (Wildman–Crippen LogP) is 1.15. The summed E-state index contributed by atoms with van der Waals surface area (Å²) < 4.78 is 42.3. The molecule has 0 bridgehead atoms.